The first-order valence-corrected chi connectivity index (χ1v) is 7.01. The Morgan fingerprint density at radius 2 is 2.20 bits per heavy atom. The van der Waals surface area contributed by atoms with Gasteiger partial charge in [-0.2, -0.15) is 0 Å². The molecule has 0 aliphatic heterocycles. The topological polar surface area (TPSA) is 68.2 Å². The number of carbonyl (C=O) groups is 1. The van der Waals surface area contributed by atoms with E-state index in [1.807, 2.05) is 40.2 Å². The molecule has 0 aliphatic rings. The molecule has 1 rings (SSSR count). The van der Waals surface area contributed by atoms with Crippen molar-refractivity contribution >= 4 is 6.09 Å². The zero-order valence-electron chi connectivity index (χ0n) is 13.1. The van der Waals surface area contributed by atoms with Crippen LogP contribution in [0.3, 0.4) is 0 Å². The van der Waals surface area contributed by atoms with Gasteiger partial charge in [0, 0.05) is 31.9 Å². The van der Waals surface area contributed by atoms with Crippen molar-refractivity contribution in [3.63, 3.8) is 0 Å². The zero-order valence-corrected chi connectivity index (χ0v) is 13.1. The van der Waals surface area contributed by atoms with E-state index in [0.29, 0.717) is 6.54 Å². The van der Waals surface area contributed by atoms with E-state index in [-0.39, 0.29) is 12.1 Å². The summed E-state index contributed by atoms with van der Waals surface area (Å²) in [6.45, 7) is 11.9. The lowest BCUT2D eigenvalue weighted by Gasteiger charge is -2.22. The number of hydrogen-bond donors (Lipinski definition) is 2. The standard InChI is InChI=1S/C14H26N4O2/c1-6-18-10-16-9-12(18)8-15-7-11(2)17-13(19)20-14(3,4)5/h9-11,15H,6-8H2,1-5H3,(H,17,19). The number of aromatic nitrogens is 2. The van der Waals surface area contributed by atoms with Crippen molar-refractivity contribution in [1.29, 1.82) is 0 Å². The van der Waals surface area contributed by atoms with Crippen LogP contribution in [0.1, 0.15) is 40.3 Å². The van der Waals surface area contributed by atoms with E-state index in [4.69, 9.17) is 4.74 Å². The van der Waals surface area contributed by atoms with Crippen LogP contribution in [0, 0.1) is 0 Å². The van der Waals surface area contributed by atoms with E-state index < -0.39 is 5.60 Å². The molecular formula is C14H26N4O2. The monoisotopic (exact) mass is 282 g/mol. The van der Waals surface area contributed by atoms with Crippen LogP contribution in [0.2, 0.25) is 0 Å². The molecule has 1 atom stereocenters. The second-order valence-electron chi connectivity index (χ2n) is 5.85. The Labute approximate surface area is 120 Å². The predicted octanol–water partition coefficient (Wildman–Crippen LogP) is 1.91. The number of amides is 1. The molecule has 1 aromatic heterocycles. The Balaban J connectivity index is 2.26. The Morgan fingerprint density at radius 1 is 1.50 bits per heavy atom. The zero-order chi connectivity index (χ0) is 15.2. The first kappa shape index (κ1) is 16.5. The van der Waals surface area contributed by atoms with Crippen molar-refractivity contribution in [1.82, 2.24) is 20.2 Å². The summed E-state index contributed by atoms with van der Waals surface area (Å²) in [5, 5.41) is 6.10. The fourth-order valence-electron chi connectivity index (χ4n) is 1.76. The van der Waals surface area contributed by atoms with Gasteiger partial charge in [-0.25, -0.2) is 9.78 Å². The van der Waals surface area contributed by atoms with Gasteiger partial charge in [0.05, 0.1) is 12.0 Å². The molecule has 0 radical (unpaired) electrons. The normalized spacial score (nSPS) is 13.1. The molecule has 1 unspecified atom stereocenters. The van der Waals surface area contributed by atoms with Gasteiger partial charge in [-0.15, -0.1) is 0 Å². The minimum absolute atomic E-state index is 0.00264. The summed E-state index contributed by atoms with van der Waals surface area (Å²) in [5.41, 5.74) is 0.669. The summed E-state index contributed by atoms with van der Waals surface area (Å²) >= 11 is 0. The van der Waals surface area contributed by atoms with Gasteiger partial charge in [-0.05, 0) is 34.6 Å². The Kier molecular flexibility index (Phi) is 6.01. The number of alkyl carbamates (subject to hydrolysis) is 1. The van der Waals surface area contributed by atoms with E-state index in [2.05, 4.69) is 27.1 Å². The van der Waals surface area contributed by atoms with Gasteiger partial charge < -0.3 is 19.9 Å². The van der Waals surface area contributed by atoms with Crippen LogP contribution >= 0.6 is 0 Å². The molecule has 0 fully saturated rings. The van der Waals surface area contributed by atoms with Gasteiger partial charge in [0.1, 0.15) is 5.60 Å². The molecule has 0 aliphatic carbocycles. The first-order valence-electron chi connectivity index (χ1n) is 7.01. The van der Waals surface area contributed by atoms with E-state index in [9.17, 15) is 4.79 Å². The summed E-state index contributed by atoms with van der Waals surface area (Å²) in [7, 11) is 0. The van der Waals surface area contributed by atoms with Crippen molar-refractivity contribution < 1.29 is 9.53 Å². The van der Waals surface area contributed by atoms with Gasteiger partial charge in [-0.3, -0.25) is 0 Å². The third kappa shape index (κ3) is 6.06. The second kappa shape index (κ2) is 7.28. The molecular weight excluding hydrogens is 256 g/mol. The Hall–Kier alpha value is -1.56. The van der Waals surface area contributed by atoms with Gasteiger partial charge in [0.25, 0.3) is 0 Å². The van der Waals surface area contributed by atoms with Gasteiger partial charge in [0.15, 0.2) is 0 Å². The summed E-state index contributed by atoms with van der Waals surface area (Å²) in [4.78, 5) is 15.7. The number of nitrogens with zero attached hydrogens (tertiary/aromatic N) is 2. The maximum atomic E-state index is 11.6. The molecule has 0 bridgehead atoms. The van der Waals surface area contributed by atoms with Crippen molar-refractivity contribution in [2.24, 2.45) is 0 Å². The van der Waals surface area contributed by atoms with E-state index >= 15 is 0 Å². The molecule has 1 amide bonds. The highest BCUT2D eigenvalue weighted by molar-refractivity contribution is 5.68. The summed E-state index contributed by atoms with van der Waals surface area (Å²) in [6, 6.07) is 0.00264. The van der Waals surface area contributed by atoms with Crippen LogP contribution < -0.4 is 10.6 Å². The first-order chi connectivity index (χ1) is 9.31. The van der Waals surface area contributed by atoms with Gasteiger partial charge in [0.2, 0.25) is 0 Å². The lowest BCUT2D eigenvalue weighted by molar-refractivity contribution is 0.0508. The van der Waals surface area contributed by atoms with Crippen LogP contribution in [0.5, 0.6) is 0 Å². The van der Waals surface area contributed by atoms with Gasteiger partial charge >= 0.3 is 6.09 Å². The summed E-state index contributed by atoms with van der Waals surface area (Å²) < 4.78 is 7.29. The minimum atomic E-state index is -0.467. The highest BCUT2D eigenvalue weighted by Crippen LogP contribution is 2.06. The number of rotatable bonds is 6. The van der Waals surface area contributed by atoms with Crippen LogP contribution in [-0.4, -0.2) is 33.8 Å². The quantitative estimate of drug-likeness (QED) is 0.836. The molecule has 1 aromatic rings. The molecule has 1 heterocycles. The minimum Gasteiger partial charge on any atom is -0.444 e. The van der Waals surface area contributed by atoms with E-state index in [1.165, 1.54) is 0 Å². The van der Waals surface area contributed by atoms with Crippen LogP contribution in [0.25, 0.3) is 0 Å². The molecule has 6 heteroatoms. The highest BCUT2D eigenvalue weighted by atomic mass is 16.6. The number of nitrogens with one attached hydrogen (secondary N) is 2. The summed E-state index contributed by atoms with van der Waals surface area (Å²) in [6.07, 6.45) is 3.28. The van der Waals surface area contributed by atoms with Crippen molar-refractivity contribution in [2.45, 2.75) is 59.4 Å². The molecule has 0 saturated heterocycles. The number of hydrogen-bond acceptors (Lipinski definition) is 4. The maximum Gasteiger partial charge on any atom is 0.407 e. The fourth-order valence-corrected chi connectivity index (χ4v) is 1.76. The second-order valence-corrected chi connectivity index (χ2v) is 5.85. The van der Waals surface area contributed by atoms with E-state index in [0.717, 1.165) is 18.8 Å². The van der Waals surface area contributed by atoms with Crippen molar-refractivity contribution in [3.8, 4) is 0 Å². The molecule has 0 spiro atoms. The smallest absolute Gasteiger partial charge is 0.407 e. The number of ether oxygens (including phenoxy) is 1. The lowest BCUT2D eigenvalue weighted by atomic mass is 10.2. The van der Waals surface area contributed by atoms with Crippen molar-refractivity contribution in [3.05, 3.63) is 18.2 Å². The molecule has 114 valence electrons. The third-order valence-electron chi connectivity index (χ3n) is 2.66. The highest BCUT2D eigenvalue weighted by Gasteiger charge is 2.17. The largest absolute Gasteiger partial charge is 0.444 e. The number of imidazole rings is 1. The van der Waals surface area contributed by atoms with Gasteiger partial charge in [-0.1, -0.05) is 0 Å². The molecule has 2 N–H and O–H groups in total. The van der Waals surface area contributed by atoms with Crippen molar-refractivity contribution in [2.75, 3.05) is 6.54 Å². The molecule has 6 nitrogen and oxygen atoms in total. The number of carbonyl (C=O) groups excluding carboxylic acids is 1. The molecule has 0 saturated carbocycles. The number of aryl methyl sites for hydroxylation is 1. The van der Waals surface area contributed by atoms with Crippen LogP contribution in [0.4, 0.5) is 4.79 Å². The molecule has 0 aromatic carbocycles. The molecule has 20 heavy (non-hydrogen) atoms. The Morgan fingerprint density at radius 3 is 2.80 bits per heavy atom. The predicted molar refractivity (Wildman–Crippen MR) is 78.4 cm³/mol. The SMILES string of the molecule is CCn1cncc1CNCC(C)NC(=O)OC(C)(C)C. The maximum absolute atomic E-state index is 11.6. The average Bonchev–Trinajstić information content (AvgIpc) is 2.73. The fraction of sp³-hybridized carbons (Fsp3) is 0.714. The third-order valence-corrected chi connectivity index (χ3v) is 2.66. The van der Waals surface area contributed by atoms with Crippen LogP contribution in [0.15, 0.2) is 12.5 Å². The average molecular weight is 282 g/mol. The lowest BCUT2D eigenvalue weighted by Crippen LogP contribution is -2.42. The Bertz CT molecular complexity index is 423. The van der Waals surface area contributed by atoms with E-state index in [1.54, 1.807) is 0 Å². The van der Waals surface area contributed by atoms with Crippen LogP contribution in [-0.2, 0) is 17.8 Å². The summed E-state index contributed by atoms with van der Waals surface area (Å²) in [5.74, 6) is 0.